The van der Waals surface area contributed by atoms with E-state index >= 15 is 0 Å². The Labute approximate surface area is 112 Å². The van der Waals surface area contributed by atoms with Gasteiger partial charge in [-0.05, 0) is 5.92 Å². The van der Waals surface area contributed by atoms with E-state index in [1.54, 1.807) is 0 Å². The van der Waals surface area contributed by atoms with Crippen LogP contribution in [0.4, 0.5) is 0 Å². The Morgan fingerprint density at radius 2 is 1.72 bits per heavy atom. The standard InChI is InChI=1S/C14H29N3O/c1-12(2)11-16-7-9-17(10-8-16)14(18)5-6-15-13(3)4/h12-13,15H,5-11H2,1-4H3. The lowest BCUT2D eigenvalue weighted by Crippen LogP contribution is -2.49. The highest BCUT2D eigenvalue weighted by atomic mass is 16.2. The minimum atomic E-state index is 0.298. The number of piperazine rings is 1. The molecule has 0 aromatic rings. The van der Waals surface area contributed by atoms with E-state index in [9.17, 15) is 4.79 Å². The van der Waals surface area contributed by atoms with Crippen LogP contribution < -0.4 is 5.32 Å². The van der Waals surface area contributed by atoms with E-state index in [0.29, 0.717) is 24.3 Å². The topological polar surface area (TPSA) is 35.6 Å². The summed E-state index contributed by atoms with van der Waals surface area (Å²) in [5, 5.41) is 3.29. The van der Waals surface area contributed by atoms with Crippen molar-refractivity contribution in [2.45, 2.75) is 40.2 Å². The van der Waals surface area contributed by atoms with Gasteiger partial charge >= 0.3 is 0 Å². The summed E-state index contributed by atoms with van der Waals surface area (Å²) in [7, 11) is 0. The number of hydrogen-bond acceptors (Lipinski definition) is 3. The Morgan fingerprint density at radius 3 is 2.22 bits per heavy atom. The average molecular weight is 255 g/mol. The molecular weight excluding hydrogens is 226 g/mol. The summed E-state index contributed by atoms with van der Waals surface area (Å²) in [5.41, 5.74) is 0. The van der Waals surface area contributed by atoms with Gasteiger partial charge in [0.25, 0.3) is 0 Å². The van der Waals surface area contributed by atoms with Gasteiger partial charge in [0.15, 0.2) is 0 Å². The van der Waals surface area contributed by atoms with Crippen molar-refractivity contribution in [1.29, 1.82) is 0 Å². The van der Waals surface area contributed by atoms with Crippen LogP contribution >= 0.6 is 0 Å². The lowest BCUT2D eigenvalue weighted by Gasteiger charge is -2.35. The predicted octanol–water partition coefficient (Wildman–Crippen LogP) is 1.17. The second kappa shape index (κ2) is 7.74. The van der Waals surface area contributed by atoms with Crippen LogP contribution in [0.3, 0.4) is 0 Å². The molecule has 0 atom stereocenters. The van der Waals surface area contributed by atoms with Crippen molar-refractivity contribution in [3.63, 3.8) is 0 Å². The van der Waals surface area contributed by atoms with Gasteiger partial charge in [0.2, 0.25) is 5.91 Å². The van der Waals surface area contributed by atoms with Crippen LogP contribution in [-0.4, -0.2) is 61.0 Å². The lowest BCUT2D eigenvalue weighted by atomic mass is 10.2. The molecule has 1 fully saturated rings. The van der Waals surface area contributed by atoms with E-state index in [1.807, 2.05) is 4.90 Å². The molecule has 1 amide bonds. The highest BCUT2D eigenvalue weighted by molar-refractivity contribution is 5.76. The fourth-order valence-electron chi connectivity index (χ4n) is 2.32. The fourth-order valence-corrected chi connectivity index (χ4v) is 2.32. The number of carbonyl (C=O) groups excluding carboxylic acids is 1. The molecule has 106 valence electrons. The normalized spacial score (nSPS) is 17.8. The van der Waals surface area contributed by atoms with E-state index in [1.165, 1.54) is 0 Å². The van der Waals surface area contributed by atoms with E-state index in [-0.39, 0.29) is 0 Å². The third kappa shape index (κ3) is 5.83. The molecular formula is C14H29N3O. The summed E-state index contributed by atoms with van der Waals surface area (Å²) >= 11 is 0. The quantitative estimate of drug-likeness (QED) is 0.774. The predicted molar refractivity (Wildman–Crippen MR) is 75.6 cm³/mol. The first-order valence-electron chi connectivity index (χ1n) is 7.22. The van der Waals surface area contributed by atoms with Crippen LogP contribution in [-0.2, 0) is 4.79 Å². The van der Waals surface area contributed by atoms with Crippen LogP contribution in [0.1, 0.15) is 34.1 Å². The Kier molecular flexibility index (Phi) is 6.65. The van der Waals surface area contributed by atoms with Crippen LogP contribution in [0, 0.1) is 5.92 Å². The average Bonchev–Trinajstić information content (AvgIpc) is 2.28. The summed E-state index contributed by atoms with van der Waals surface area (Å²) < 4.78 is 0. The van der Waals surface area contributed by atoms with Crippen LogP contribution in [0.15, 0.2) is 0 Å². The highest BCUT2D eigenvalue weighted by Gasteiger charge is 2.20. The van der Waals surface area contributed by atoms with Gasteiger partial charge in [-0.15, -0.1) is 0 Å². The Morgan fingerprint density at radius 1 is 1.11 bits per heavy atom. The summed E-state index contributed by atoms with van der Waals surface area (Å²) in [6.45, 7) is 14.5. The van der Waals surface area contributed by atoms with E-state index in [4.69, 9.17) is 0 Å². The molecule has 0 aromatic carbocycles. The van der Waals surface area contributed by atoms with Crippen molar-refractivity contribution in [3.8, 4) is 0 Å². The maximum Gasteiger partial charge on any atom is 0.223 e. The zero-order valence-electron chi connectivity index (χ0n) is 12.4. The largest absolute Gasteiger partial charge is 0.340 e. The number of carbonyl (C=O) groups is 1. The number of nitrogens with zero attached hydrogens (tertiary/aromatic N) is 2. The maximum absolute atomic E-state index is 12.0. The van der Waals surface area contributed by atoms with Gasteiger partial charge in [-0.2, -0.15) is 0 Å². The van der Waals surface area contributed by atoms with Gasteiger partial charge in [0.1, 0.15) is 0 Å². The van der Waals surface area contributed by atoms with Gasteiger partial charge in [-0.25, -0.2) is 0 Å². The molecule has 1 aliphatic rings. The second-order valence-electron chi connectivity index (χ2n) is 5.93. The molecule has 0 spiro atoms. The molecule has 0 aromatic heterocycles. The van der Waals surface area contributed by atoms with Crippen molar-refractivity contribution in [2.75, 3.05) is 39.3 Å². The molecule has 1 saturated heterocycles. The van der Waals surface area contributed by atoms with Gasteiger partial charge < -0.3 is 10.2 Å². The molecule has 4 nitrogen and oxygen atoms in total. The molecule has 0 saturated carbocycles. The third-order valence-electron chi connectivity index (χ3n) is 3.24. The third-order valence-corrected chi connectivity index (χ3v) is 3.24. The first-order chi connectivity index (χ1) is 8.49. The Bertz CT molecular complexity index is 245. The number of nitrogens with one attached hydrogen (secondary N) is 1. The van der Waals surface area contributed by atoms with E-state index in [0.717, 1.165) is 39.3 Å². The summed E-state index contributed by atoms with van der Waals surface area (Å²) in [6.07, 6.45) is 0.627. The van der Waals surface area contributed by atoms with Crippen LogP contribution in [0.25, 0.3) is 0 Å². The molecule has 1 heterocycles. The molecule has 0 bridgehead atoms. The molecule has 0 unspecified atom stereocenters. The van der Waals surface area contributed by atoms with Crippen molar-refractivity contribution in [1.82, 2.24) is 15.1 Å². The van der Waals surface area contributed by atoms with Gasteiger partial charge in [-0.1, -0.05) is 27.7 Å². The molecule has 0 aliphatic carbocycles. The second-order valence-corrected chi connectivity index (χ2v) is 5.93. The molecule has 18 heavy (non-hydrogen) atoms. The fraction of sp³-hybridized carbons (Fsp3) is 0.929. The SMILES string of the molecule is CC(C)CN1CCN(C(=O)CCNC(C)C)CC1. The zero-order chi connectivity index (χ0) is 13.5. The van der Waals surface area contributed by atoms with E-state index in [2.05, 4.69) is 37.9 Å². The van der Waals surface area contributed by atoms with Crippen LogP contribution in [0.5, 0.6) is 0 Å². The first kappa shape index (κ1) is 15.4. The maximum atomic E-state index is 12.0. The van der Waals surface area contributed by atoms with Gasteiger partial charge in [0, 0.05) is 51.7 Å². The molecule has 4 heteroatoms. The molecule has 1 aliphatic heterocycles. The smallest absolute Gasteiger partial charge is 0.223 e. The van der Waals surface area contributed by atoms with Crippen molar-refractivity contribution in [2.24, 2.45) is 5.92 Å². The minimum absolute atomic E-state index is 0.298. The van der Waals surface area contributed by atoms with Crippen molar-refractivity contribution in [3.05, 3.63) is 0 Å². The first-order valence-corrected chi connectivity index (χ1v) is 7.22. The number of hydrogen-bond donors (Lipinski definition) is 1. The lowest BCUT2D eigenvalue weighted by molar-refractivity contribution is -0.132. The highest BCUT2D eigenvalue weighted by Crippen LogP contribution is 2.06. The Balaban J connectivity index is 2.19. The van der Waals surface area contributed by atoms with Crippen LogP contribution in [0.2, 0.25) is 0 Å². The summed E-state index contributed by atoms with van der Waals surface area (Å²) in [6, 6.07) is 0.459. The minimum Gasteiger partial charge on any atom is -0.340 e. The summed E-state index contributed by atoms with van der Waals surface area (Å²) in [4.78, 5) is 16.4. The molecule has 1 rings (SSSR count). The van der Waals surface area contributed by atoms with Gasteiger partial charge in [0.05, 0.1) is 0 Å². The number of amides is 1. The van der Waals surface area contributed by atoms with E-state index < -0.39 is 0 Å². The molecule has 0 radical (unpaired) electrons. The van der Waals surface area contributed by atoms with Crippen molar-refractivity contribution < 1.29 is 4.79 Å². The summed E-state index contributed by atoms with van der Waals surface area (Å²) in [5.74, 6) is 1.01. The Hall–Kier alpha value is -0.610. The molecule has 1 N–H and O–H groups in total. The van der Waals surface area contributed by atoms with Gasteiger partial charge in [-0.3, -0.25) is 9.69 Å². The monoisotopic (exact) mass is 255 g/mol. The zero-order valence-corrected chi connectivity index (χ0v) is 12.4. The van der Waals surface area contributed by atoms with Crippen molar-refractivity contribution >= 4 is 5.91 Å². The number of rotatable bonds is 6.